The Morgan fingerprint density at radius 3 is 2.17 bits per heavy atom. The largest absolute Gasteiger partial charge is 0.477 e. The highest BCUT2D eigenvalue weighted by atomic mass is 16.5. The fraction of sp³-hybridized carbons (Fsp3) is 0.483. The third-order valence-corrected chi connectivity index (χ3v) is 6.89. The van der Waals surface area contributed by atoms with Crippen molar-refractivity contribution < 1.29 is 23.9 Å². The quantitative estimate of drug-likeness (QED) is 0.459. The number of hydrogen-bond acceptors (Lipinski definition) is 5. The summed E-state index contributed by atoms with van der Waals surface area (Å²) in [5.41, 5.74) is 2.80. The summed E-state index contributed by atoms with van der Waals surface area (Å²) in [6.45, 7) is 7.88. The van der Waals surface area contributed by atoms with E-state index in [4.69, 9.17) is 9.47 Å². The van der Waals surface area contributed by atoms with Crippen molar-refractivity contribution in [3.8, 4) is 5.75 Å². The minimum Gasteiger partial charge on any atom is -0.477 e. The first-order valence-electron chi connectivity index (χ1n) is 12.7. The number of esters is 1. The van der Waals surface area contributed by atoms with E-state index in [1.54, 1.807) is 12.1 Å². The van der Waals surface area contributed by atoms with Crippen molar-refractivity contribution in [1.29, 1.82) is 0 Å². The molecule has 7 nitrogen and oxygen atoms in total. The molecule has 2 atom stereocenters. The van der Waals surface area contributed by atoms with Gasteiger partial charge in [0.1, 0.15) is 11.8 Å². The molecule has 0 aromatic heterocycles. The number of amides is 2. The van der Waals surface area contributed by atoms with Gasteiger partial charge in [0.25, 0.3) is 5.91 Å². The first kappa shape index (κ1) is 27.2. The van der Waals surface area contributed by atoms with E-state index < -0.39 is 17.6 Å². The number of anilines is 1. The van der Waals surface area contributed by atoms with Crippen LogP contribution in [0, 0.1) is 19.8 Å². The van der Waals surface area contributed by atoms with Crippen molar-refractivity contribution in [1.82, 2.24) is 5.32 Å². The summed E-state index contributed by atoms with van der Waals surface area (Å²) >= 11 is 0. The minimum atomic E-state index is -1.03. The van der Waals surface area contributed by atoms with E-state index in [9.17, 15) is 14.4 Å². The maximum atomic E-state index is 13.4. The first-order chi connectivity index (χ1) is 17.2. The Morgan fingerprint density at radius 2 is 1.61 bits per heavy atom. The van der Waals surface area contributed by atoms with Gasteiger partial charge >= 0.3 is 5.97 Å². The molecule has 194 valence electrons. The number of rotatable bonds is 10. The normalized spacial score (nSPS) is 16.0. The van der Waals surface area contributed by atoms with Crippen molar-refractivity contribution in [2.75, 3.05) is 12.4 Å². The number of carbonyl (C=O) groups is 3. The summed E-state index contributed by atoms with van der Waals surface area (Å²) in [6, 6.07) is 12.5. The van der Waals surface area contributed by atoms with Gasteiger partial charge in [-0.3, -0.25) is 9.59 Å². The standard InChI is InChI=1S/C29H38N2O5/c1-6-21(4)26(27(33)35-5)31-28(34)29(13-7-8-14-29)36-24-11-9-22(10-12-24)18-25(32)30-23-16-19(2)15-20(3)17-23/h9-12,15-17,21,26H,6-8,13-14,18H2,1-5H3,(H,30,32)(H,31,34)/t21?,26-/m0/s1. The van der Waals surface area contributed by atoms with Gasteiger partial charge in [-0.2, -0.15) is 0 Å². The second-order valence-corrected chi connectivity index (χ2v) is 9.91. The Hall–Kier alpha value is -3.35. The third-order valence-electron chi connectivity index (χ3n) is 6.89. The number of methoxy groups -OCH3 is 1. The smallest absolute Gasteiger partial charge is 0.328 e. The van der Waals surface area contributed by atoms with Crippen LogP contribution in [0.5, 0.6) is 5.75 Å². The van der Waals surface area contributed by atoms with Gasteiger partial charge < -0.3 is 20.1 Å². The molecule has 36 heavy (non-hydrogen) atoms. The third kappa shape index (κ3) is 6.86. The van der Waals surface area contributed by atoms with Gasteiger partial charge in [0.05, 0.1) is 13.5 Å². The lowest BCUT2D eigenvalue weighted by Crippen LogP contribution is -2.55. The van der Waals surface area contributed by atoms with E-state index in [-0.39, 0.29) is 24.2 Å². The van der Waals surface area contributed by atoms with E-state index >= 15 is 0 Å². The lowest BCUT2D eigenvalue weighted by Gasteiger charge is -2.32. The molecule has 1 fully saturated rings. The lowest BCUT2D eigenvalue weighted by atomic mass is 9.95. The average molecular weight is 495 g/mol. The number of carbonyl (C=O) groups excluding carboxylic acids is 3. The number of nitrogens with one attached hydrogen (secondary N) is 2. The molecule has 0 spiro atoms. The molecular weight excluding hydrogens is 456 g/mol. The van der Waals surface area contributed by atoms with Crippen molar-refractivity contribution in [3.05, 3.63) is 59.2 Å². The van der Waals surface area contributed by atoms with Gasteiger partial charge in [0, 0.05) is 5.69 Å². The molecule has 7 heteroatoms. The number of ether oxygens (including phenoxy) is 2. The summed E-state index contributed by atoms with van der Waals surface area (Å²) in [5, 5.41) is 5.85. The van der Waals surface area contributed by atoms with E-state index in [1.807, 2.05) is 52.0 Å². The topological polar surface area (TPSA) is 93.7 Å². The molecule has 2 amide bonds. The fourth-order valence-corrected chi connectivity index (χ4v) is 4.73. The van der Waals surface area contributed by atoms with Crippen LogP contribution in [0.4, 0.5) is 5.69 Å². The first-order valence-corrected chi connectivity index (χ1v) is 12.7. The van der Waals surface area contributed by atoms with Crippen molar-refractivity contribution >= 4 is 23.5 Å². The molecule has 2 aromatic carbocycles. The monoisotopic (exact) mass is 494 g/mol. The van der Waals surface area contributed by atoms with E-state index in [0.717, 1.165) is 41.6 Å². The van der Waals surface area contributed by atoms with E-state index in [0.29, 0.717) is 18.6 Å². The fourth-order valence-electron chi connectivity index (χ4n) is 4.73. The van der Waals surface area contributed by atoms with Gasteiger partial charge in [-0.1, -0.05) is 38.5 Å². The molecule has 0 radical (unpaired) electrons. The number of hydrogen-bond donors (Lipinski definition) is 2. The molecule has 1 unspecified atom stereocenters. The van der Waals surface area contributed by atoms with Gasteiger partial charge in [-0.15, -0.1) is 0 Å². The molecule has 2 N–H and O–H groups in total. The zero-order valence-corrected chi connectivity index (χ0v) is 22.0. The van der Waals surface area contributed by atoms with Gasteiger partial charge in [-0.25, -0.2) is 4.79 Å². The van der Waals surface area contributed by atoms with Crippen LogP contribution in [-0.2, 0) is 25.5 Å². The van der Waals surface area contributed by atoms with Crippen LogP contribution < -0.4 is 15.4 Å². The van der Waals surface area contributed by atoms with Crippen LogP contribution in [0.1, 0.15) is 62.6 Å². The SMILES string of the molecule is CCC(C)[C@H](NC(=O)C1(Oc2ccc(CC(=O)Nc3cc(C)cc(C)c3)cc2)CCCC1)C(=O)OC. The van der Waals surface area contributed by atoms with Crippen LogP contribution in [0.2, 0.25) is 0 Å². The van der Waals surface area contributed by atoms with Gasteiger partial charge in [0.2, 0.25) is 5.91 Å². The highest BCUT2D eigenvalue weighted by Gasteiger charge is 2.45. The molecule has 1 aliphatic carbocycles. The average Bonchev–Trinajstić information content (AvgIpc) is 3.31. The summed E-state index contributed by atoms with van der Waals surface area (Å²) in [5.74, 6) is -0.334. The molecule has 1 saturated carbocycles. The minimum absolute atomic E-state index is 0.0611. The number of aryl methyl sites for hydroxylation is 2. The van der Waals surface area contributed by atoms with Crippen molar-refractivity contribution in [2.24, 2.45) is 5.92 Å². The molecular formula is C29H38N2O5. The predicted octanol–water partition coefficient (Wildman–Crippen LogP) is 4.88. The van der Waals surface area contributed by atoms with Crippen molar-refractivity contribution in [3.63, 3.8) is 0 Å². The molecule has 1 aliphatic rings. The zero-order chi connectivity index (χ0) is 26.3. The zero-order valence-electron chi connectivity index (χ0n) is 22.0. The van der Waals surface area contributed by atoms with Crippen LogP contribution >= 0.6 is 0 Å². The Kier molecular flexibility index (Phi) is 9.13. The summed E-state index contributed by atoms with van der Waals surface area (Å²) in [4.78, 5) is 38.2. The van der Waals surface area contributed by atoms with E-state index in [2.05, 4.69) is 16.7 Å². The maximum Gasteiger partial charge on any atom is 0.328 e. The number of benzene rings is 2. The Bertz CT molecular complexity index is 1050. The maximum absolute atomic E-state index is 13.4. The molecule has 0 bridgehead atoms. The molecule has 0 heterocycles. The van der Waals surface area contributed by atoms with Crippen LogP contribution in [-0.4, -0.2) is 36.5 Å². The Balaban J connectivity index is 1.66. The Labute approximate surface area is 213 Å². The van der Waals surface area contributed by atoms with Gasteiger partial charge in [0.15, 0.2) is 5.60 Å². The van der Waals surface area contributed by atoms with Gasteiger partial charge in [-0.05, 0) is 86.4 Å². The predicted molar refractivity (Wildman–Crippen MR) is 140 cm³/mol. The molecule has 0 saturated heterocycles. The van der Waals surface area contributed by atoms with Crippen LogP contribution in [0.25, 0.3) is 0 Å². The second kappa shape index (κ2) is 12.1. The van der Waals surface area contributed by atoms with Crippen LogP contribution in [0.15, 0.2) is 42.5 Å². The Morgan fingerprint density at radius 1 is 1.00 bits per heavy atom. The second-order valence-electron chi connectivity index (χ2n) is 9.91. The summed E-state index contributed by atoms with van der Waals surface area (Å²) in [6.07, 6.45) is 3.86. The highest BCUT2D eigenvalue weighted by molar-refractivity contribution is 5.92. The van der Waals surface area contributed by atoms with Crippen molar-refractivity contribution in [2.45, 2.75) is 77.9 Å². The highest BCUT2D eigenvalue weighted by Crippen LogP contribution is 2.35. The molecule has 2 aromatic rings. The summed E-state index contributed by atoms with van der Waals surface area (Å²) in [7, 11) is 1.33. The summed E-state index contributed by atoms with van der Waals surface area (Å²) < 4.78 is 11.2. The molecule has 3 rings (SSSR count). The molecule has 0 aliphatic heterocycles. The lowest BCUT2D eigenvalue weighted by molar-refractivity contribution is -0.149. The van der Waals surface area contributed by atoms with Crippen LogP contribution in [0.3, 0.4) is 0 Å². The van der Waals surface area contributed by atoms with E-state index in [1.165, 1.54) is 7.11 Å².